The van der Waals surface area contributed by atoms with Crippen molar-refractivity contribution in [2.45, 2.75) is 53.1 Å². The molecule has 1 amide bonds. The van der Waals surface area contributed by atoms with Crippen LogP contribution in [0.15, 0.2) is 12.4 Å². The summed E-state index contributed by atoms with van der Waals surface area (Å²) in [5.74, 6) is 0.998. The third kappa shape index (κ3) is 4.39. The van der Waals surface area contributed by atoms with Gasteiger partial charge in [-0.05, 0) is 26.7 Å². The molecule has 6 heteroatoms. The van der Waals surface area contributed by atoms with Gasteiger partial charge in [-0.1, -0.05) is 6.92 Å². The van der Waals surface area contributed by atoms with Crippen LogP contribution in [0.1, 0.15) is 41.2 Å². The third-order valence-electron chi connectivity index (χ3n) is 3.35. The van der Waals surface area contributed by atoms with Crippen molar-refractivity contribution in [1.29, 1.82) is 0 Å². The number of nitrogens with zero attached hydrogens (tertiary/aromatic N) is 3. The number of amides is 1. The number of nitrogens with one attached hydrogen (secondary N) is 1. The van der Waals surface area contributed by atoms with Crippen LogP contribution in [-0.4, -0.2) is 20.4 Å². The second-order valence-corrected chi connectivity index (χ2v) is 6.23. The van der Waals surface area contributed by atoms with Gasteiger partial charge in [0, 0.05) is 30.2 Å². The molecule has 0 bridgehead atoms. The predicted molar refractivity (Wildman–Crippen MR) is 84.3 cm³/mol. The van der Waals surface area contributed by atoms with Crippen molar-refractivity contribution < 1.29 is 4.79 Å². The number of imidazole rings is 1. The maximum atomic E-state index is 11.9. The Morgan fingerprint density at radius 1 is 1.43 bits per heavy atom. The van der Waals surface area contributed by atoms with Gasteiger partial charge in [-0.2, -0.15) is 0 Å². The minimum Gasteiger partial charge on any atom is -0.351 e. The average molecular weight is 306 g/mol. The van der Waals surface area contributed by atoms with Crippen LogP contribution in [-0.2, 0) is 24.3 Å². The molecular formula is C15H22N4OS. The van der Waals surface area contributed by atoms with Gasteiger partial charge in [0.2, 0.25) is 5.91 Å². The van der Waals surface area contributed by atoms with Crippen molar-refractivity contribution in [1.82, 2.24) is 19.9 Å². The fraction of sp³-hybridized carbons (Fsp3) is 0.533. The van der Waals surface area contributed by atoms with E-state index in [0.29, 0.717) is 19.5 Å². The molecule has 0 spiro atoms. The molecule has 21 heavy (non-hydrogen) atoms. The van der Waals surface area contributed by atoms with E-state index in [1.807, 2.05) is 24.6 Å². The lowest BCUT2D eigenvalue weighted by molar-refractivity contribution is -0.121. The molecule has 0 fully saturated rings. The van der Waals surface area contributed by atoms with E-state index in [1.54, 1.807) is 17.5 Å². The Bertz CT molecular complexity index is 603. The van der Waals surface area contributed by atoms with Crippen molar-refractivity contribution in [3.05, 3.63) is 33.8 Å². The summed E-state index contributed by atoms with van der Waals surface area (Å²) in [6, 6.07) is 0. The van der Waals surface area contributed by atoms with Gasteiger partial charge in [0.25, 0.3) is 0 Å². The summed E-state index contributed by atoms with van der Waals surface area (Å²) in [5.41, 5.74) is 1.04. The molecule has 0 aliphatic heterocycles. The van der Waals surface area contributed by atoms with Gasteiger partial charge in [-0.25, -0.2) is 9.97 Å². The molecule has 0 saturated carbocycles. The maximum absolute atomic E-state index is 11.9. The molecule has 114 valence electrons. The van der Waals surface area contributed by atoms with Gasteiger partial charge < -0.3 is 9.88 Å². The van der Waals surface area contributed by atoms with E-state index in [1.165, 1.54) is 0 Å². The van der Waals surface area contributed by atoms with Crippen LogP contribution in [0.3, 0.4) is 0 Å². The van der Waals surface area contributed by atoms with Gasteiger partial charge >= 0.3 is 0 Å². The van der Waals surface area contributed by atoms with Crippen LogP contribution in [0.2, 0.25) is 0 Å². The number of rotatable bonds is 7. The molecule has 2 heterocycles. The molecule has 0 aromatic carbocycles. The molecular weight excluding hydrogens is 284 g/mol. The SMILES string of the molecule is CCCc1nc(C)c(CNC(=O)CCn2ccnc2C)s1. The number of thiazole rings is 1. The van der Waals surface area contributed by atoms with Crippen LogP contribution in [0, 0.1) is 13.8 Å². The first-order chi connectivity index (χ1) is 10.1. The summed E-state index contributed by atoms with van der Waals surface area (Å²) >= 11 is 1.70. The fourth-order valence-corrected chi connectivity index (χ4v) is 3.21. The van der Waals surface area contributed by atoms with Gasteiger partial charge in [0.1, 0.15) is 5.82 Å². The molecule has 0 unspecified atom stereocenters. The highest BCUT2D eigenvalue weighted by Crippen LogP contribution is 2.19. The molecule has 0 aliphatic carbocycles. The highest BCUT2D eigenvalue weighted by atomic mass is 32.1. The van der Waals surface area contributed by atoms with E-state index in [-0.39, 0.29) is 5.91 Å². The predicted octanol–water partition coefficient (Wildman–Crippen LogP) is 2.62. The van der Waals surface area contributed by atoms with E-state index >= 15 is 0 Å². The Balaban J connectivity index is 1.80. The smallest absolute Gasteiger partial charge is 0.222 e. The first-order valence-electron chi connectivity index (χ1n) is 7.29. The molecule has 2 aromatic heterocycles. The topological polar surface area (TPSA) is 59.8 Å². The Kier molecular flexibility index (Phi) is 5.50. The lowest BCUT2D eigenvalue weighted by Crippen LogP contribution is -2.23. The molecule has 2 rings (SSSR count). The van der Waals surface area contributed by atoms with Crippen molar-refractivity contribution in [2.75, 3.05) is 0 Å². The molecule has 0 saturated heterocycles. The highest BCUT2D eigenvalue weighted by molar-refractivity contribution is 7.11. The van der Waals surface area contributed by atoms with E-state index in [0.717, 1.165) is 34.2 Å². The first kappa shape index (κ1) is 15.7. The second-order valence-electron chi connectivity index (χ2n) is 5.06. The molecule has 2 aromatic rings. The standard InChI is InChI=1S/C15H22N4OS/c1-4-5-15-18-11(2)13(21-15)10-17-14(20)6-8-19-9-7-16-12(19)3/h7,9H,4-6,8,10H2,1-3H3,(H,17,20). The quantitative estimate of drug-likeness (QED) is 0.855. The van der Waals surface area contributed by atoms with E-state index in [2.05, 4.69) is 22.2 Å². The third-order valence-corrected chi connectivity index (χ3v) is 4.57. The van der Waals surface area contributed by atoms with Gasteiger partial charge in [0.15, 0.2) is 0 Å². The lowest BCUT2D eigenvalue weighted by Gasteiger charge is -2.06. The zero-order chi connectivity index (χ0) is 15.2. The average Bonchev–Trinajstić information content (AvgIpc) is 3.01. The summed E-state index contributed by atoms with van der Waals surface area (Å²) in [7, 11) is 0. The van der Waals surface area contributed by atoms with Crippen molar-refractivity contribution in [2.24, 2.45) is 0 Å². The number of aryl methyl sites for hydroxylation is 4. The number of hydrogen-bond donors (Lipinski definition) is 1. The zero-order valence-corrected chi connectivity index (χ0v) is 13.7. The van der Waals surface area contributed by atoms with Crippen LogP contribution in [0.25, 0.3) is 0 Å². The van der Waals surface area contributed by atoms with Crippen molar-refractivity contribution >= 4 is 17.2 Å². The minimum atomic E-state index is 0.0629. The Labute approximate surface area is 129 Å². The van der Waals surface area contributed by atoms with Crippen LogP contribution in [0.5, 0.6) is 0 Å². The van der Waals surface area contributed by atoms with Gasteiger partial charge in [0.05, 0.1) is 17.2 Å². The van der Waals surface area contributed by atoms with Crippen molar-refractivity contribution in [3.63, 3.8) is 0 Å². The first-order valence-corrected chi connectivity index (χ1v) is 8.11. The largest absolute Gasteiger partial charge is 0.351 e. The molecule has 0 radical (unpaired) electrons. The van der Waals surface area contributed by atoms with Crippen LogP contribution in [0.4, 0.5) is 0 Å². The zero-order valence-electron chi connectivity index (χ0n) is 12.8. The molecule has 1 N–H and O–H groups in total. The van der Waals surface area contributed by atoms with Crippen molar-refractivity contribution in [3.8, 4) is 0 Å². The summed E-state index contributed by atoms with van der Waals surface area (Å²) in [6.45, 7) is 7.34. The number of carbonyl (C=O) groups is 1. The summed E-state index contributed by atoms with van der Waals surface area (Å²) in [4.78, 5) is 21.7. The number of carbonyl (C=O) groups excluding carboxylic acids is 1. The van der Waals surface area contributed by atoms with E-state index in [9.17, 15) is 4.79 Å². The molecule has 0 aliphatic rings. The van der Waals surface area contributed by atoms with Crippen LogP contribution >= 0.6 is 11.3 Å². The monoisotopic (exact) mass is 306 g/mol. The summed E-state index contributed by atoms with van der Waals surface area (Å²) in [6.07, 6.45) is 6.23. The lowest BCUT2D eigenvalue weighted by atomic mass is 10.3. The maximum Gasteiger partial charge on any atom is 0.222 e. The Morgan fingerprint density at radius 2 is 2.24 bits per heavy atom. The van der Waals surface area contributed by atoms with E-state index in [4.69, 9.17) is 0 Å². The van der Waals surface area contributed by atoms with Gasteiger partial charge in [-0.3, -0.25) is 4.79 Å². The Morgan fingerprint density at radius 3 is 2.90 bits per heavy atom. The van der Waals surface area contributed by atoms with E-state index < -0.39 is 0 Å². The highest BCUT2D eigenvalue weighted by Gasteiger charge is 2.09. The minimum absolute atomic E-state index is 0.0629. The fourth-order valence-electron chi connectivity index (χ4n) is 2.10. The second kappa shape index (κ2) is 7.36. The normalized spacial score (nSPS) is 10.8. The Hall–Kier alpha value is -1.69. The summed E-state index contributed by atoms with van der Waals surface area (Å²) in [5, 5.41) is 4.14. The molecule has 5 nitrogen and oxygen atoms in total. The summed E-state index contributed by atoms with van der Waals surface area (Å²) < 4.78 is 1.98. The number of hydrogen-bond acceptors (Lipinski definition) is 4. The number of aromatic nitrogens is 3. The van der Waals surface area contributed by atoms with Gasteiger partial charge in [-0.15, -0.1) is 11.3 Å². The molecule has 0 atom stereocenters. The van der Waals surface area contributed by atoms with Crippen LogP contribution < -0.4 is 5.32 Å².